The smallest absolute Gasteiger partial charge is 0.226 e. The SMILES string of the molecule is Nc1nc(Cl)nc2c1c(Br)cn2[C@@H]1C[C@H](c2cccc(CN3CCC3)c2)[C@@H](O)[C@H]1O. The second kappa shape index (κ2) is 7.76. The maximum atomic E-state index is 10.9. The van der Waals surface area contributed by atoms with Gasteiger partial charge in [-0.25, -0.2) is 4.98 Å². The molecule has 4 atom stereocenters. The highest BCUT2D eigenvalue weighted by Gasteiger charge is 2.43. The number of aliphatic hydroxyl groups excluding tert-OH is 2. The Bertz CT molecular complexity index is 1100. The van der Waals surface area contributed by atoms with Crippen molar-refractivity contribution >= 4 is 44.4 Å². The van der Waals surface area contributed by atoms with Gasteiger partial charge in [0, 0.05) is 23.1 Å². The highest BCUT2D eigenvalue weighted by atomic mass is 79.9. The lowest BCUT2D eigenvalue weighted by Crippen LogP contribution is -2.36. The Labute approximate surface area is 187 Å². The first-order chi connectivity index (χ1) is 14.4. The molecule has 158 valence electrons. The molecule has 1 aliphatic carbocycles. The lowest BCUT2D eigenvalue weighted by molar-refractivity contribution is 0.0178. The van der Waals surface area contributed by atoms with E-state index in [1.165, 1.54) is 12.0 Å². The Kier molecular flexibility index (Phi) is 5.23. The van der Waals surface area contributed by atoms with Crippen LogP contribution in [0.4, 0.5) is 5.82 Å². The molecule has 9 heteroatoms. The normalized spacial score (nSPS) is 26.9. The molecule has 3 heterocycles. The van der Waals surface area contributed by atoms with Crippen LogP contribution >= 0.6 is 27.5 Å². The minimum Gasteiger partial charge on any atom is -0.390 e. The van der Waals surface area contributed by atoms with Crippen molar-refractivity contribution in [3.05, 3.63) is 51.3 Å². The van der Waals surface area contributed by atoms with Crippen LogP contribution in [0.1, 0.15) is 35.9 Å². The molecule has 2 aliphatic rings. The van der Waals surface area contributed by atoms with Gasteiger partial charge in [-0.2, -0.15) is 4.98 Å². The second-order valence-corrected chi connectivity index (χ2v) is 9.42. The van der Waals surface area contributed by atoms with E-state index in [4.69, 9.17) is 17.3 Å². The van der Waals surface area contributed by atoms with Gasteiger partial charge in [0.15, 0.2) is 0 Å². The van der Waals surface area contributed by atoms with Crippen molar-refractivity contribution in [2.45, 2.75) is 43.6 Å². The number of nitrogen functional groups attached to an aromatic ring is 1. The highest BCUT2D eigenvalue weighted by molar-refractivity contribution is 9.10. The van der Waals surface area contributed by atoms with E-state index in [-0.39, 0.29) is 23.1 Å². The van der Waals surface area contributed by atoms with Crippen molar-refractivity contribution < 1.29 is 10.2 Å². The Balaban J connectivity index is 1.47. The van der Waals surface area contributed by atoms with Crippen LogP contribution in [0.5, 0.6) is 0 Å². The third-order valence-electron chi connectivity index (χ3n) is 6.37. The first kappa shape index (κ1) is 20.2. The summed E-state index contributed by atoms with van der Waals surface area (Å²) in [6.45, 7) is 3.20. The number of halogens is 2. The number of hydrogen-bond donors (Lipinski definition) is 3. The number of benzene rings is 1. The lowest BCUT2D eigenvalue weighted by atomic mass is 9.93. The molecule has 5 rings (SSSR count). The van der Waals surface area contributed by atoms with Gasteiger partial charge in [-0.15, -0.1) is 0 Å². The van der Waals surface area contributed by atoms with Crippen LogP contribution in [-0.2, 0) is 6.54 Å². The minimum absolute atomic E-state index is 0.0510. The van der Waals surface area contributed by atoms with Gasteiger partial charge in [-0.05, 0) is 64.6 Å². The third kappa shape index (κ3) is 3.40. The van der Waals surface area contributed by atoms with Gasteiger partial charge in [-0.3, -0.25) is 4.90 Å². The van der Waals surface area contributed by atoms with E-state index in [2.05, 4.69) is 42.9 Å². The van der Waals surface area contributed by atoms with Crippen LogP contribution in [0.3, 0.4) is 0 Å². The molecule has 0 unspecified atom stereocenters. The number of rotatable bonds is 4. The van der Waals surface area contributed by atoms with Crippen molar-refractivity contribution in [1.29, 1.82) is 0 Å². The molecule has 1 aliphatic heterocycles. The monoisotopic (exact) mass is 491 g/mol. The van der Waals surface area contributed by atoms with Gasteiger partial charge >= 0.3 is 0 Å². The third-order valence-corrected chi connectivity index (χ3v) is 7.14. The summed E-state index contributed by atoms with van der Waals surface area (Å²) in [6, 6.07) is 7.98. The van der Waals surface area contributed by atoms with E-state index in [0.717, 1.165) is 29.7 Å². The van der Waals surface area contributed by atoms with Crippen molar-refractivity contribution in [2.24, 2.45) is 0 Å². The van der Waals surface area contributed by atoms with Gasteiger partial charge in [0.2, 0.25) is 5.28 Å². The van der Waals surface area contributed by atoms with Gasteiger partial charge < -0.3 is 20.5 Å². The zero-order chi connectivity index (χ0) is 21.0. The molecule has 3 aromatic rings. The summed E-state index contributed by atoms with van der Waals surface area (Å²) in [4.78, 5) is 10.7. The quantitative estimate of drug-likeness (QED) is 0.484. The summed E-state index contributed by atoms with van der Waals surface area (Å²) in [5, 5.41) is 22.5. The molecule has 1 aromatic carbocycles. The average Bonchev–Trinajstić information content (AvgIpc) is 3.16. The molecular formula is C21H23BrClN5O2. The fraction of sp³-hybridized carbons (Fsp3) is 0.429. The molecule has 2 aromatic heterocycles. The second-order valence-electron chi connectivity index (χ2n) is 8.23. The molecule has 7 nitrogen and oxygen atoms in total. The largest absolute Gasteiger partial charge is 0.390 e. The summed E-state index contributed by atoms with van der Waals surface area (Å²) in [7, 11) is 0. The van der Waals surface area contributed by atoms with E-state index >= 15 is 0 Å². The van der Waals surface area contributed by atoms with Gasteiger partial charge in [-0.1, -0.05) is 24.3 Å². The fourth-order valence-electron chi connectivity index (χ4n) is 4.69. The summed E-state index contributed by atoms with van der Waals surface area (Å²) in [5.74, 6) is 0.103. The summed E-state index contributed by atoms with van der Waals surface area (Å²) >= 11 is 9.54. The van der Waals surface area contributed by atoms with Gasteiger partial charge in [0.1, 0.15) is 17.6 Å². The van der Waals surface area contributed by atoms with Crippen LogP contribution in [0.15, 0.2) is 34.9 Å². The number of aromatic nitrogens is 3. The molecule has 30 heavy (non-hydrogen) atoms. The van der Waals surface area contributed by atoms with Gasteiger partial charge in [0.25, 0.3) is 0 Å². The highest BCUT2D eigenvalue weighted by Crippen LogP contribution is 2.44. The maximum absolute atomic E-state index is 10.9. The predicted octanol–water partition coefficient (Wildman–Crippen LogP) is 3.09. The molecule has 0 spiro atoms. The minimum atomic E-state index is -0.938. The Morgan fingerprint density at radius 2 is 2.00 bits per heavy atom. The molecule has 2 fully saturated rings. The summed E-state index contributed by atoms with van der Waals surface area (Å²) < 4.78 is 2.58. The number of nitrogens with zero attached hydrogens (tertiary/aromatic N) is 4. The zero-order valence-corrected chi connectivity index (χ0v) is 18.6. The zero-order valence-electron chi connectivity index (χ0n) is 16.2. The van der Waals surface area contributed by atoms with Crippen molar-refractivity contribution in [3.63, 3.8) is 0 Å². The average molecular weight is 493 g/mol. The van der Waals surface area contributed by atoms with E-state index in [9.17, 15) is 10.2 Å². The Morgan fingerprint density at radius 3 is 2.73 bits per heavy atom. The van der Waals surface area contributed by atoms with E-state index < -0.39 is 12.2 Å². The predicted molar refractivity (Wildman–Crippen MR) is 119 cm³/mol. The van der Waals surface area contributed by atoms with Crippen LogP contribution in [0, 0.1) is 0 Å². The number of nitrogens with two attached hydrogens (primary N) is 1. The topological polar surface area (TPSA) is 100 Å². The first-order valence-corrected chi connectivity index (χ1v) is 11.3. The number of likely N-dealkylation sites (tertiary alicyclic amines) is 1. The molecule has 0 bridgehead atoms. The van der Waals surface area contributed by atoms with Crippen LogP contribution in [0.25, 0.3) is 11.0 Å². The van der Waals surface area contributed by atoms with Crippen LogP contribution in [-0.4, -0.2) is 54.9 Å². The molecular weight excluding hydrogens is 470 g/mol. The fourth-order valence-corrected chi connectivity index (χ4v) is 5.46. The van der Waals surface area contributed by atoms with E-state index in [0.29, 0.717) is 17.5 Å². The number of anilines is 1. The van der Waals surface area contributed by atoms with Crippen molar-refractivity contribution in [2.75, 3.05) is 18.8 Å². The number of aliphatic hydroxyl groups is 2. The summed E-state index contributed by atoms with van der Waals surface area (Å²) in [6.07, 6.45) is 1.85. The van der Waals surface area contributed by atoms with Crippen molar-refractivity contribution in [1.82, 2.24) is 19.4 Å². The number of fused-ring (bicyclic) bond motifs is 1. The standard InChI is InChI=1S/C21H23BrClN5O2/c22-14-10-28(20-16(14)19(24)25-21(23)26-20)15-8-13(17(29)18(15)30)12-4-1-3-11(7-12)9-27-5-2-6-27/h1,3-4,7,10,13,15,17-18,29-30H,2,5-6,8-9H2,(H2,24,25,26)/t13-,15-,17-,18+/m1/s1. The van der Waals surface area contributed by atoms with E-state index in [1.807, 2.05) is 22.9 Å². The molecule has 0 amide bonds. The summed E-state index contributed by atoms with van der Waals surface area (Å²) in [5.41, 5.74) is 8.85. The molecule has 1 saturated carbocycles. The molecule has 4 N–H and O–H groups in total. The van der Waals surface area contributed by atoms with Crippen molar-refractivity contribution in [3.8, 4) is 0 Å². The molecule has 1 saturated heterocycles. The van der Waals surface area contributed by atoms with Crippen LogP contribution < -0.4 is 5.73 Å². The first-order valence-electron chi connectivity index (χ1n) is 10.1. The van der Waals surface area contributed by atoms with Crippen LogP contribution in [0.2, 0.25) is 5.28 Å². The number of hydrogen-bond acceptors (Lipinski definition) is 6. The van der Waals surface area contributed by atoms with Gasteiger partial charge in [0.05, 0.1) is 17.5 Å². The lowest BCUT2D eigenvalue weighted by Gasteiger charge is -2.31. The maximum Gasteiger partial charge on any atom is 0.226 e. The Morgan fingerprint density at radius 1 is 1.20 bits per heavy atom. The Hall–Kier alpha value is -1.71. The molecule has 0 radical (unpaired) electrons. The van der Waals surface area contributed by atoms with E-state index in [1.54, 1.807) is 0 Å².